The normalized spacial score (nSPS) is 14.8. The standard InChI is InChI=1S/C14H16BN3O2/c15-14(20)18-8-6-11(7-9-18)12(13(19)17-16)10-4-2-1-3-5-10/h1-5H,6-9,16H2,(H,17,19). The number of nitrogens with one attached hydrogen (secondary N) is 1. The summed E-state index contributed by atoms with van der Waals surface area (Å²) in [7, 11) is 5.26. The van der Waals surface area contributed by atoms with Gasteiger partial charge in [0.25, 0.3) is 5.91 Å². The van der Waals surface area contributed by atoms with Crippen molar-refractivity contribution in [1.29, 1.82) is 0 Å². The minimum Gasteiger partial charge on any atom is -0.352 e. The van der Waals surface area contributed by atoms with Gasteiger partial charge in [0.2, 0.25) is 7.85 Å². The summed E-state index contributed by atoms with van der Waals surface area (Å²) in [6.07, 6.45) is 1.25. The molecule has 1 heterocycles. The summed E-state index contributed by atoms with van der Waals surface area (Å²) in [4.78, 5) is 24.7. The minimum absolute atomic E-state index is 0.307. The summed E-state index contributed by atoms with van der Waals surface area (Å²) in [5, 5.41) is 0. The molecule has 102 valence electrons. The molecule has 0 saturated carbocycles. The van der Waals surface area contributed by atoms with Crippen LogP contribution in [0.4, 0.5) is 4.79 Å². The average molecular weight is 269 g/mol. The zero-order chi connectivity index (χ0) is 14.5. The van der Waals surface area contributed by atoms with Crippen molar-refractivity contribution in [3.8, 4) is 0 Å². The van der Waals surface area contributed by atoms with E-state index in [4.69, 9.17) is 13.7 Å². The van der Waals surface area contributed by atoms with Crippen LogP contribution in [0.15, 0.2) is 35.9 Å². The molecule has 2 radical (unpaired) electrons. The lowest BCUT2D eigenvalue weighted by Gasteiger charge is -2.29. The minimum atomic E-state index is -0.423. The highest BCUT2D eigenvalue weighted by atomic mass is 16.2. The van der Waals surface area contributed by atoms with Gasteiger partial charge in [-0.15, -0.1) is 0 Å². The Hall–Kier alpha value is -2.08. The molecular weight excluding hydrogens is 253 g/mol. The molecule has 2 amide bonds. The van der Waals surface area contributed by atoms with Gasteiger partial charge in [-0.3, -0.25) is 15.0 Å². The van der Waals surface area contributed by atoms with Crippen LogP contribution in [0.3, 0.4) is 0 Å². The van der Waals surface area contributed by atoms with E-state index in [2.05, 4.69) is 5.43 Å². The fourth-order valence-corrected chi connectivity index (χ4v) is 2.42. The number of nitrogens with zero attached hydrogens (tertiary/aromatic N) is 1. The van der Waals surface area contributed by atoms with Crippen molar-refractivity contribution in [3.63, 3.8) is 0 Å². The quantitative estimate of drug-likeness (QED) is 0.274. The van der Waals surface area contributed by atoms with Gasteiger partial charge in [-0.2, -0.15) is 0 Å². The predicted octanol–water partition coefficient (Wildman–Crippen LogP) is 0.814. The Bertz CT molecular complexity index is 533. The lowest BCUT2D eigenvalue weighted by molar-refractivity contribution is -0.115. The Labute approximate surface area is 119 Å². The summed E-state index contributed by atoms with van der Waals surface area (Å²) in [5.41, 5.74) is 4.62. The second kappa shape index (κ2) is 6.39. The number of carbonyl (C=O) groups is 2. The van der Waals surface area contributed by atoms with Crippen molar-refractivity contribution >= 4 is 25.1 Å². The van der Waals surface area contributed by atoms with Crippen molar-refractivity contribution in [2.75, 3.05) is 13.1 Å². The first-order valence-corrected chi connectivity index (χ1v) is 6.46. The third-order valence-corrected chi connectivity index (χ3v) is 3.45. The molecule has 0 spiro atoms. The average Bonchev–Trinajstić information content (AvgIpc) is 2.49. The van der Waals surface area contributed by atoms with Gasteiger partial charge in [0.05, 0.1) is 0 Å². The lowest BCUT2D eigenvalue weighted by atomic mass is 9.91. The van der Waals surface area contributed by atoms with Crippen LogP contribution in [0.1, 0.15) is 18.4 Å². The van der Waals surface area contributed by atoms with Crippen molar-refractivity contribution in [2.24, 2.45) is 5.84 Å². The van der Waals surface area contributed by atoms with Gasteiger partial charge >= 0.3 is 0 Å². The van der Waals surface area contributed by atoms with E-state index in [-0.39, 0.29) is 5.91 Å². The zero-order valence-electron chi connectivity index (χ0n) is 11.1. The van der Waals surface area contributed by atoms with Gasteiger partial charge in [0, 0.05) is 18.7 Å². The fourth-order valence-electron chi connectivity index (χ4n) is 2.42. The van der Waals surface area contributed by atoms with E-state index in [0.29, 0.717) is 31.5 Å². The molecule has 2 rings (SSSR count). The van der Waals surface area contributed by atoms with Crippen LogP contribution in [0.25, 0.3) is 5.57 Å². The van der Waals surface area contributed by atoms with Crippen LogP contribution in [0, 0.1) is 0 Å². The molecular formula is C14H16BN3O2. The first-order valence-electron chi connectivity index (χ1n) is 6.46. The maximum Gasteiger partial charge on any atom is 0.265 e. The predicted molar refractivity (Wildman–Crippen MR) is 77.6 cm³/mol. The largest absolute Gasteiger partial charge is 0.352 e. The number of hydrazine groups is 1. The van der Waals surface area contributed by atoms with Gasteiger partial charge < -0.3 is 4.90 Å². The smallest absolute Gasteiger partial charge is 0.265 e. The fraction of sp³-hybridized carbons (Fsp3) is 0.286. The second-order valence-electron chi connectivity index (χ2n) is 4.64. The molecule has 1 aliphatic rings. The number of carbonyl (C=O) groups excluding carboxylic acids is 2. The molecule has 3 N–H and O–H groups in total. The molecule has 5 nitrogen and oxygen atoms in total. The number of likely N-dealkylation sites (tertiary alicyclic amines) is 1. The summed E-state index contributed by atoms with van der Waals surface area (Å²) >= 11 is 0. The Morgan fingerprint density at radius 3 is 2.25 bits per heavy atom. The van der Waals surface area contributed by atoms with Crippen LogP contribution >= 0.6 is 0 Å². The summed E-state index contributed by atoms with van der Waals surface area (Å²) < 4.78 is 0. The molecule has 0 atom stereocenters. The summed E-state index contributed by atoms with van der Waals surface area (Å²) in [6.45, 7) is 1.05. The lowest BCUT2D eigenvalue weighted by Crippen LogP contribution is -2.37. The number of rotatable bonds is 2. The Kier molecular flexibility index (Phi) is 4.58. The van der Waals surface area contributed by atoms with E-state index in [9.17, 15) is 9.59 Å². The topological polar surface area (TPSA) is 75.4 Å². The highest BCUT2D eigenvalue weighted by Crippen LogP contribution is 2.26. The highest BCUT2D eigenvalue weighted by molar-refractivity contribution is 6.56. The SMILES string of the molecule is [B]C(=O)N1CCC(=C(C(=O)NN)c2ccccc2)CC1. The first-order chi connectivity index (χ1) is 9.63. The monoisotopic (exact) mass is 269 g/mol. The van der Waals surface area contributed by atoms with Crippen molar-refractivity contribution in [1.82, 2.24) is 10.3 Å². The molecule has 1 aromatic rings. The van der Waals surface area contributed by atoms with Gasteiger partial charge in [0.1, 0.15) is 0 Å². The maximum absolute atomic E-state index is 12.0. The highest BCUT2D eigenvalue weighted by Gasteiger charge is 2.22. The molecule has 1 aliphatic heterocycles. The summed E-state index contributed by atoms with van der Waals surface area (Å²) in [6, 6.07) is 9.38. The number of hydrogen-bond acceptors (Lipinski definition) is 3. The van der Waals surface area contributed by atoms with Crippen LogP contribution in [0.2, 0.25) is 0 Å². The summed E-state index contributed by atoms with van der Waals surface area (Å²) in [5.74, 6) is 4.54. The zero-order valence-corrected chi connectivity index (χ0v) is 11.1. The van der Waals surface area contributed by atoms with Gasteiger partial charge in [-0.25, -0.2) is 5.84 Å². The number of hydrogen-bond donors (Lipinski definition) is 2. The van der Waals surface area contributed by atoms with Crippen molar-refractivity contribution < 1.29 is 9.59 Å². The van der Waals surface area contributed by atoms with E-state index in [1.54, 1.807) is 4.90 Å². The molecule has 0 bridgehead atoms. The van der Waals surface area contributed by atoms with Crippen LogP contribution < -0.4 is 11.3 Å². The van der Waals surface area contributed by atoms with Crippen LogP contribution in [-0.2, 0) is 4.79 Å². The molecule has 0 aliphatic carbocycles. The molecule has 20 heavy (non-hydrogen) atoms. The molecule has 1 aromatic carbocycles. The third-order valence-electron chi connectivity index (χ3n) is 3.45. The molecule has 6 heteroatoms. The molecule has 0 aromatic heterocycles. The van der Waals surface area contributed by atoms with E-state index in [1.165, 1.54) is 0 Å². The molecule has 0 unspecified atom stereocenters. The maximum atomic E-state index is 12.0. The van der Waals surface area contributed by atoms with E-state index < -0.39 is 5.81 Å². The molecule has 1 fully saturated rings. The molecule has 1 saturated heterocycles. The number of amides is 2. The Morgan fingerprint density at radius 1 is 1.15 bits per heavy atom. The van der Waals surface area contributed by atoms with E-state index in [0.717, 1.165) is 11.1 Å². The van der Waals surface area contributed by atoms with Crippen molar-refractivity contribution in [3.05, 3.63) is 41.5 Å². The third kappa shape index (κ3) is 3.08. The van der Waals surface area contributed by atoms with Gasteiger partial charge in [0.15, 0.2) is 5.81 Å². The van der Waals surface area contributed by atoms with Crippen molar-refractivity contribution in [2.45, 2.75) is 12.8 Å². The number of benzene rings is 1. The number of nitrogens with two attached hydrogens (primary N) is 1. The van der Waals surface area contributed by atoms with E-state index in [1.807, 2.05) is 30.3 Å². The van der Waals surface area contributed by atoms with E-state index >= 15 is 0 Å². The number of piperidine rings is 1. The Balaban J connectivity index is 2.30. The second-order valence-corrected chi connectivity index (χ2v) is 4.64. The van der Waals surface area contributed by atoms with Crippen LogP contribution in [-0.4, -0.2) is 37.5 Å². The first kappa shape index (κ1) is 14.3. The van der Waals surface area contributed by atoms with Crippen LogP contribution in [0.5, 0.6) is 0 Å². The Morgan fingerprint density at radius 2 is 1.75 bits per heavy atom. The van der Waals surface area contributed by atoms with Gasteiger partial charge in [-0.1, -0.05) is 35.9 Å². The van der Waals surface area contributed by atoms with Gasteiger partial charge in [-0.05, 0) is 18.4 Å².